The molecule has 0 radical (unpaired) electrons. The summed E-state index contributed by atoms with van der Waals surface area (Å²) < 4.78 is 33.1. The van der Waals surface area contributed by atoms with Crippen LogP contribution in [0.4, 0.5) is 0 Å². The van der Waals surface area contributed by atoms with Crippen molar-refractivity contribution in [1.29, 1.82) is 0 Å². The number of hydrogen-bond acceptors (Lipinski definition) is 4. The van der Waals surface area contributed by atoms with Gasteiger partial charge in [-0.05, 0) is 40.9 Å². The standard InChI is InChI=1S/C13H20BrNO4S/c1-3-7-19-13-8-11(5-6-12(13)14)20(17,18)15-10(4-2)9-16/h5-6,8,10,15-16H,3-4,7,9H2,1-2H3/t10-/m0/s1. The normalized spacial score (nSPS) is 13.2. The number of aliphatic hydroxyl groups is 1. The van der Waals surface area contributed by atoms with Gasteiger partial charge in [-0.1, -0.05) is 13.8 Å². The molecule has 0 aliphatic heterocycles. The second-order valence-corrected chi connectivity index (χ2v) is 6.92. The van der Waals surface area contributed by atoms with Gasteiger partial charge in [-0.25, -0.2) is 13.1 Å². The van der Waals surface area contributed by atoms with Crippen molar-refractivity contribution in [3.63, 3.8) is 0 Å². The number of hydrogen-bond donors (Lipinski definition) is 2. The van der Waals surface area contributed by atoms with Crippen LogP contribution in [0.15, 0.2) is 27.6 Å². The van der Waals surface area contributed by atoms with Gasteiger partial charge in [0.1, 0.15) is 5.75 Å². The van der Waals surface area contributed by atoms with E-state index in [9.17, 15) is 8.42 Å². The van der Waals surface area contributed by atoms with Crippen LogP contribution in [0.5, 0.6) is 5.75 Å². The molecule has 1 aromatic rings. The molecular weight excluding hydrogens is 346 g/mol. The maximum Gasteiger partial charge on any atom is 0.241 e. The fourth-order valence-electron chi connectivity index (χ4n) is 1.51. The predicted molar refractivity (Wildman–Crippen MR) is 81.4 cm³/mol. The summed E-state index contributed by atoms with van der Waals surface area (Å²) in [6, 6.07) is 4.13. The molecule has 1 aromatic carbocycles. The van der Waals surface area contributed by atoms with Crippen LogP contribution in [-0.4, -0.2) is 32.8 Å². The number of rotatable bonds is 8. The quantitative estimate of drug-likeness (QED) is 0.740. The van der Waals surface area contributed by atoms with Crippen molar-refractivity contribution in [2.24, 2.45) is 0 Å². The average molecular weight is 366 g/mol. The Balaban J connectivity index is 3.00. The molecular formula is C13H20BrNO4S. The highest BCUT2D eigenvalue weighted by Crippen LogP contribution is 2.28. The van der Waals surface area contributed by atoms with Gasteiger partial charge in [0.05, 0.1) is 22.6 Å². The van der Waals surface area contributed by atoms with Crippen LogP contribution in [0, 0.1) is 0 Å². The van der Waals surface area contributed by atoms with E-state index in [1.54, 1.807) is 13.0 Å². The third-order valence-corrected chi connectivity index (χ3v) is 4.88. The monoisotopic (exact) mass is 365 g/mol. The van der Waals surface area contributed by atoms with Gasteiger partial charge in [-0.15, -0.1) is 0 Å². The molecule has 0 amide bonds. The topological polar surface area (TPSA) is 75.6 Å². The fourth-order valence-corrected chi connectivity index (χ4v) is 3.20. The Morgan fingerprint density at radius 2 is 2.10 bits per heavy atom. The van der Waals surface area contributed by atoms with E-state index in [0.717, 1.165) is 6.42 Å². The molecule has 0 heterocycles. The van der Waals surface area contributed by atoms with Crippen LogP contribution in [0.2, 0.25) is 0 Å². The van der Waals surface area contributed by atoms with Gasteiger partial charge in [0, 0.05) is 12.1 Å². The van der Waals surface area contributed by atoms with Crippen LogP contribution in [0.1, 0.15) is 26.7 Å². The van der Waals surface area contributed by atoms with Crippen molar-refractivity contribution < 1.29 is 18.3 Å². The summed E-state index contributed by atoms with van der Waals surface area (Å²) in [6.07, 6.45) is 1.36. The third-order valence-electron chi connectivity index (χ3n) is 2.71. The Morgan fingerprint density at radius 3 is 2.65 bits per heavy atom. The van der Waals surface area contributed by atoms with Gasteiger partial charge >= 0.3 is 0 Å². The molecule has 2 N–H and O–H groups in total. The van der Waals surface area contributed by atoms with E-state index in [-0.39, 0.29) is 11.5 Å². The van der Waals surface area contributed by atoms with E-state index in [2.05, 4.69) is 20.7 Å². The average Bonchev–Trinajstić information content (AvgIpc) is 2.43. The van der Waals surface area contributed by atoms with E-state index >= 15 is 0 Å². The summed E-state index contributed by atoms with van der Waals surface area (Å²) in [5.41, 5.74) is 0. The maximum atomic E-state index is 12.2. The summed E-state index contributed by atoms with van der Waals surface area (Å²) in [7, 11) is -3.66. The van der Waals surface area contributed by atoms with Crippen molar-refractivity contribution >= 4 is 26.0 Å². The number of sulfonamides is 1. The Hall–Kier alpha value is -0.630. The van der Waals surface area contributed by atoms with Crippen molar-refractivity contribution in [2.45, 2.75) is 37.6 Å². The van der Waals surface area contributed by atoms with Gasteiger partial charge in [-0.3, -0.25) is 0 Å². The Labute approximate surface area is 128 Å². The Morgan fingerprint density at radius 1 is 1.40 bits per heavy atom. The van der Waals surface area contributed by atoms with E-state index in [1.165, 1.54) is 12.1 Å². The third kappa shape index (κ3) is 4.73. The van der Waals surface area contributed by atoms with Crippen LogP contribution < -0.4 is 9.46 Å². The highest BCUT2D eigenvalue weighted by atomic mass is 79.9. The fraction of sp³-hybridized carbons (Fsp3) is 0.538. The molecule has 0 unspecified atom stereocenters. The summed E-state index contributed by atoms with van der Waals surface area (Å²) in [5, 5.41) is 9.09. The van der Waals surface area contributed by atoms with Crippen molar-refractivity contribution in [3.8, 4) is 5.75 Å². The van der Waals surface area contributed by atoms with Gasteiger partial charge in [0.2, 0.25) is 10.0 Å². The lowest BCUT2D eigenvalue weighted by Crippen LogP contribution is -2.36. The van der Waals surface area contributed by atoms with Crippen molar-refractivity contribution in [1.82, 2.24) is 4.72 Å². The van der Waals surface area contributed by atoms with E-state index in [4.69, 9.17) is 9.84 Å². The van der Waals surface area contributed by atoms with Crippen LogP contribution >= 0.6 is 15.9 Å². The minimum absolute atomic E-state index is 0.124. The molecule has 1 rings (SSSR count). The zero-order valence-electron chi connectivity index (χ0n) is 11.6. The van der Waals surface area contributed by atoms with Gasteiger partial charge in [0.15, 0.2) is 0 Å². The van der Waals surface area contributed by atoms with Crippen LogP contribution in [-0.2, 0) is 10.0 Å². The Kier molecular flexibility index (Phi) is 6.94. The van der Waals surface area contributed by atoms with Gasteiger partial charge in [0.25, 0.3) is 0 Å². The number of aliphatic hydroxyl groups excluding tert-OH is 1. The first-order chi connectivity index (χ1) is 9.44. The molecule has 0 bridgehead atoms. The highest BCUT2D eigenvalue weighted by molar-refractivity contribution is 9.10. The lowest BCUT2D eigenvalue weighted by atomic mass is 10.3. The molecule has 114 valence electrons. The number of nitrogens with one attached hydrogen (secondary N) is 1. The van der Waals surface area contributed by atoms with Crippen LogP contribution in [0.3, 0.4) is 0 Å². The number of benzene rings is 1. The first kappa shape index (κ1) is 17.4. The summed E-state index contributed by atoms with van der Waals surface area (Å²) in [6.45, 7) is 4.07. The molecule has 0 aliphatic rings. The summed E-state index contributed by atoms with van der Waals surface area (Å²) in [4.78, 5) is 0.124. The zero-order chi connectivity index (χ0) is 15.2. The molecule has 20 heavy (non-hydrogen) atoms. The number of halogens is 1. The summed E-state index contributed by atoms with van der Waals surface area (Å²) in [5.74, 6) is 0.492. The molecule has 7 heteroatoms. The number of ether oxygens (including phenoxy) is 1. The minimum atomic E-state index is -3.66. The molecule has 1 atom stereocenters. The van der Waals surface area contributed by atoms with Crippen molar-refractivity contribution in [2.75, 3.05) is 13.2 Å². The van der Waals surface area contributed by atoms with Crippen molar-refractivity contribution in [3.05, 3.63) is 22.7 Å². The zero-order valence-corrected chi connectivity index (χ0v) is 14.0. The SMILES string of the molecule is CCCOc1cc(S(=O)(=O)N[C@@H](CC)CO)ccc1Br. The maximum absolute atomic E-state index is 12.2. The van der Waals surface area contributed by atoms with Gasteiger partial charge < -0.3 is 9.84 Å². The van der Waals surface area contributed by atoms with Gasteiger partial charge in [-0.2, -0.15) is 0 Å². The smallest absolute Gasteiger partial charge is 0.241 e. The second kappa shape index (κ2) is 7.97. The minimum Gasteiger partial charge on any atom is -0.492 e. The van der Waals surface area contributed by atoms with E-state index in [0.29, 0.717) is 23.2 Å². The first-order valence-corrected chi connectivity index (χ1v) is 8.77. The highest BCUT2D eigenvalue weighted by Gasteiger charge is 2.19. The molecule has 0 saturated carbocycles. The molecule has 0 spiro atoms. The first-order valence-electron chi connectivity index (χ1n) is 6.50. The molecule has 0 saturated heterocycles. The largest absolute Gasteiger partial charge is 0.492 e. The van der Waals surface area contributed by atoms with E-state index in [1.807, 2.05) is 6.92 Å². The molecule has 5 nitrogen and oxygen atoms in total. The molecule has 0 aromatic heterocycles. The Bertz CT molecular complexity index is 529. The molecule has 0 fully saturated rings. The lowest BCUT2D eigenvalue weighted by Gasteiger charge is -2.15. The van der Waals surface area contributed by atoms with Crippen LogP contribution in [0.25, 0.3) is 0 Å². The lowest BCUT2D eigenvalue weighted by molar-refractivity contribution is 0.254. The van der Waals surface area contributed by atoms with E-state index < -0.39 is 16.1 Å². The molecule has 0 aliphatic carbocycles. The second-order valence-electron chi connectivity index (χ2n) is 4.35. The predicted octanol–water partition coefficient (Wildman–Crippen LogP) is 2.29. The summed E-state index contributed by atoms with van der Waals surface area (Å²) >= 11 is 3.33.